The smallest absolute Gasteiger partial charge is 0.256 e. The number of fused-ring (bicyclic) bond motifs is 1. The van der Waals surface area contributed by atoms with E-state index in [1.165, 1.54) is 11.8 Å². The average molecular weight is 248 g/mol. The van der Waals surface area contributed by atoms with Crippen LogP contribution in [0.1, 0.15) is 0 Å². The quantitative estimate of drug-likeness (QED) is 0.267. The molecule has 17 heavy (non-hydrogen) atoms. The maximum Gasteiger partial charge on any atom is 0.256 e. The number of hydrogen-bond donors (Lipinski definition) is 0. The molecule has 1 unspecified atom stereocenters. The van der Waals surface area contributed by atoms with Crippen LogP contribution in [0.2, 0.25) is 0 Å². The van der Waals surface area contributed by atoms with Gasteiger partial charge in [-0.25, -0.2) is 4.98 Å². The molecule has 86 valence electrons. The first-order valence-electron chi connectivity index (χ1n) is 4.81. The van der Waals surface area contributed by atoms with Gasteiger partial charge >= 0.3 is 0 Å². The highest BCUT2D eigenvalue weighted by Crippen LogP contribution is 2.23. The SMILES string of the molecule is [N-]=[N+]=NC(C=O)CSc1nc2ccccc2o1. The Balaban J connectivity index is 2.08. The second-order valence-electron chi connectivity index (χ2n) is 3.17. The number of oxazole rings is 1. The van der Waals surface area contributed by atoms with Crippen molar-refractivity contribution < 1.29 is 9.21 Å². The van der Waals surface area contributed by atoms with Gasteiger partial charge in [0.2, 0.25) is 0 Å². The Kier molecular flexibility index (Phi) is 3.64. The largest absolute Gasteiger partial charge is 0.431 e. The lowest BCUT2D eigenvalue weighted by Crippen LogP contribution is -2.07. The molecule has 0 fully saturated rings. The van der Waals surface area contributed by atoms with E-state index in [1.807, 2.05) is 24.3 Å². The summed E-state index contributed by atoms with van der Waals surface area (Å²) in [5.74, 6) is 0.320. The van der Waals surface area contributed by atoms with E-state index < -0.39 is 6.04 Å². The summed E-state index contributed by atoms with van der Waals surface area (Å²) >= 11 is 1.24. The van der Waals surface area contributed by atoms with Crippen molar-refractivity contribution in [2.75, 3.05) is 5.75 Å². The van der Waals surface area contributed by atoms with Gasteiger partial charge in [-0.3, -0.25) is 0 Å². The van der Waals surface area contributed by atoms with Gasteiger partial charge in [0.15, 0.2) is 5.58 Å². The molecule has 0 radical (unpaired) electrons. The normalized spacial score (nSPS) is 12.0. The Morgan fingerprint density at radius 2 is 2.41 bits per heavy atom. The van der Waals surface area contributed by atoms with Crippen LogP contribution in [0.5, 0.6) is 0 Å². The van der Waals surface area contributed by atoms with Gasteiger partial charge < -0.3 is 9.21 Å². The molecule has 0 N–H and O–H groups in total. The zero-order valence-electron chi connectivity index (χ0n) is 8.68. The van der Waals surface area contributed by atoms with Crippen molar-refractivity contribution in [2.24, 2.45) is 5.11 Å². The van der Waals surface area contributed by atoms with Gasteiger partial charge in [-0.05, 0) is 17.7 Å². The molecule has 1 atom stereocenters. The van der Waals surface area contributed by atoms with Crippen LogP contribution >= 0.6 is 11.8 Å². The molecule has 1 heterocycles. The van der Waals surface area contributed by atoms with Crippen LogP contribution < -0.4 is 0 Å². The standard InChI is InChI=1S/C10H8N4O2S/c11-14-13-7(5-15)6-17-10-12-8-3-1-2-4-9(8)16-10/h1-5,7H,6H2. The molecule has 0 aliphatic heterocycles. The van der Waals surface area contributed by atoms with Crippen LogP contribution in [0.4, 0.5) is 0 Å². The molecule has 1 aromatic heterocycles. The molecule has 0 amide bonds. The van der Waals surface area contributed by atoms with Crippen molar-refractivity contribution in [3.8, 4) is 0 Å². The highest BCUT2D eigenvalue weighted by Gasteiger charge is 2.09. The summed E-state index contributed by atoms with van der Waals surface area (Å²) in [6, 6.07) is 6.69. The number of carbonyl (C=O) groups excluding carboxylic acids is 1. The fourth-order valence-electron chi connectivity index (χ4n) is 1.24. The van der Waals surface area contributed by atoms with Crippen LogP contribution in [0.25, 0.3) is 21.5 Å². The lowest BCUT2D eigenvalue weighted by Gasteiger charge is -1.98. The average Bonchev–Trinajstić information content (AvgIpc) is 2.77. The van der Waals surface area contributed by atoms with E-state index in [1.54, 1.807) is 0 Å². The van der Waals surface area contributed by atoms with Crippen LogP contribution in [0.15, 0.2) is 39.0 Å². The number of carbonyl (C=O) groups is 1. The summed E-state index contributed by atoms with van der Waals surface area (Å²) in [7, 11) is 0. The summed E-state index contributed by atoms with van der Waals surface area (Å²) in [6.45, 7) is 0. The predicted octanol–water partition coefficient (Wildman–Crippen LogP) is 2.80. The highest BCUT2D eigenvalue weighted by molar-refractivity contribution is 7.99. The van der Waals surface area contributed by atoms with Crippen molar-refractivity contribution in [3.63, 3.8) is 0 Å². The number of benzene rings is 1. The molecule has 0 bridgehead atoms. The molecular formula is C10H8N4O2S. The summed E-state index contributed by atoms with van der Waals surface area (Å²) in [6.07, 6.45) is 0.607. The lowest BCUT2D eigenvalue weighted by molar-refractivity contribution is -0.108. The van der Waals surface area contributed by atoms with Gasteiger partial charge in [-0.2, -0.15) is 0 Å². The molecule has 0 saturated carbocycles. The Bertz CT molecular complexity index is 543. The first-order valence-corrected chi connectivity index (χ1v) is 5.80. The van der Waals surface area contributed by atoms with E-state index in [9.17, 15) is 4.79 Å². The number of hydrogen-bond acceptors (Lipinski definition) is 5. The molecule has 1 aromatic carbocycles. The van der Waals surface area contributed by atoms with Crippen molar-refractivity contribution in [1.29, 1.82) is 0 Å². The summed E-state index contributed by atoms with van der Waals surface area (Å²) in [4.78, 5) is 17.4. The summed E-state index contributed by atoms with van der Waals surface area (Å²) in [5, 5.41) is 3.80. The number of aldehydes is 1. The van der Waals surface area contributed by atoms with Gasteiger partial charge in [0.1, 0.15) is 17.8 Å². The van der Waals surface area contributed by atoms with Crippen molar-refractivity contribution in [3.05, 3.63) is 34.7 Å². The van der Waals surface area contributed by atoms with Crippen LogP contribution in [-0.4, -0.2) is 23.1 Å². The zero-order valence-corrected chi connectivity index (χ0v) is 9.50. The fourth-order valence-corrected chi connectivity index (χ4v) is 2.01. The molecule has 7 heteroatoms. The number of thioether (sulfide) groups is 1. The summed E-state index contributed by atoms with van der Waals surface area (Å²) in [5.41, 5.74) is 9.69. The van der Waals surface area contributed by atoms with E-state index in [0.717, 1.165) is 5.52 Å². The Morgan fingerprint density at radius 3 is 3.12 bits per heavy atom. The van der Waals surface area contributed by atoms with Gasteiger partial charge in [0.25, 0.3) is 5.22 Å². The number of para-hydroxylation sites is 2. The fraction of sp³-hybridized carbons (Fsp3) is 0.200. The highest BCUT2D eigenvalue weighted by atomic mass is 32.2. The molecule has 2 aromatic rings. The van der Waals surface area contributed by atoms with Crippen molar-refractivity contribution >= 4 is 29.1 Å². The number of azide groups is 1. The topological polar surface area (TPSA) is 91.9 Å². The predicted molar refractivity (Wildman–Crippen MR) is 63.7 cm³/mol. The third-order valence-electron chi connectivity index (χ3n) is 2.01. The van der Waals surface area contributed by atoms with E-state index in [0.29, 0.717) is 22.8 Å². The molecule has 0 saturated heterocycles. The number of nitrogens with zero attached hydrogens (tertiary/aromatic N) is 4. The number of rotatable bonds is 5. The zero-order chi connectivity index (χ0) is 12.1. The lowest BCUT2D eigenvalue weighted by atomic mass is 10.3. The second-order valence-corrected chi connectivity index (χ2v) is 4.14. The monoisotopic (exact) mass is 248 g/mol. The Morgan fingerprint density at radius 1 is 1.59 bits per heavy atom. The minimum Gasteiger partial charge on any atom is -0.431 e. The maximum atomic E-state index is 10.6. The van der Waals surface area contributed by atoms with Crippen LogP contribution in [-0.2, 0) is 4.79 Å². The third kappa shape index (κ3) is 2.77. The van der Waals surface area contributed by atoms with Gasteiger partial charge in [0, 0.05) is 10.7 Å². The molecule has 6 nitrogen and oxygen atoms in total. The van der Waals surface area contributed by atoms with Crippen molar-refractivity contribution in [1.82, 2.24) is 4.98 Å². The van der Waals surface area contributed by atoms with E-state index in [4.69, 9.17) is 9.95 Å². The van der Waals surface area contributed by atoms with E-state index in [2.05, 4.69) is 15.0 Å². The Hall–Kier alpha value is -1.98. The molecule has 0 spiro atoms. The molecule has 0 aliphatic rings. The first kappa shape index (κ1) is 11.5. The maximum absolute atomic E-state index is 10.6. The van der Waals surface area contributed by atoms with Crippen LogP contribution in [0, 0.1) is 0 Å². The first-order chi connectivity index (χ1) is 8.33. The molecular weight excluding hydrogens is 240 g/mol. The number of aromatic nitrogens is 1. The van der Waals surface area contributed by atoms with Gasteiger partial charge in [-0.15, -0.1) is 0 Å². The molecule has 2 rings (SSSR count). The summed E-state index contributed by atoms with van der Waals surface area (Å²) < 4.78 is 5.44. The minimum absolute atomic E-state index is 0.320. The van der Waals surface area contributed by atoms with E-state index in [-0.39, 0.29) is 0 Å². The second kappa shape index (κ2) is 5.38. The Labute approximate surface area is 101 Å². The van der Waals surface area contributed by atoms with E-state index >= 15 is 0 Å². The molecule has 0 aliphatic carbocycles. The minimum atomic E-state index is -0.694. The van der Waals surface area contributed by atoms with Gasteiger partial charge in [-0.1, -0.05) is 29.0 Å². The van der Waals surface area contributed by atoms with Crippen molar-refractivity contribution in [2.45, 2.75) is 11.3 Å². The van der Waals surface area contributed by atoms with Crippen LogP contribution in [0.3, 0.4) is 0 Å². The van der Waals surface area contributed by atoms with Gasteiger partial charge in [0.05, 0.1) is 0 Å². The third-order valence-corrected chi connectivity index (χ3v) is 2.94.